The van der Waals surface area contributed by atoms with E-state index < -0.39 is 15.5 Å². The number of fused-ring (bicyclic) bond motifs is 1. The summed E-state index contributed by atoms with van der Waals surface area (Å²) in [7, 11) is -3.91. The topological polar surface area (TPSA) is 97.6 Å². The van der Waals surface area contributed by atoms with Gasteiger partial charge in [-0.05, 0) is 25.0 Å². The molecule has 11 heteroatoms. The quantitative estimate of drug-likeness (QED) is 0.553. The molecule has 3 aromatic heterocycles. The highest BCUT2D eigenvalue weighted by molar-refractivity contribution is 7.89. The second-order valence-corrected chi connectivity index (χ2v) is 10.4. The number of morpholine rings is 1. The monoisotopic (exact) mass is 491 g/mol. The van der Waals surface area contributed by atoms with Gasteiger partial charge in [-0.3, -0.25) is 9.36 Å². The van der Waals surface area contributed by atoms with Crippen LogP contribution in [-0.4, -0.2) is 66.7 Å². The van der Waals surface area contributed by atoms with Gasteiger partial charge in [-0.25, -0.2) is 18.4 Å². The van der Waals surface area contributed by atoms with Crippen molar-refractivity contribution in [2.24, 2.45) is 0 Å². The number of piperidine rings is 1. The summed E-state index contributed by atoms with van der Waals surface area (Å²) in [6, 6.07) is 3.45. The Labute approximate surface area is 197 Å². The van der Waals surface area contributed by atoms with E-state index in [2.05, 4.69) is 9.88 Å². The smallest absolute Gasteiger partial charge is 0.248 e. The number of aromatic nitrogens is 3. The Morgan fingerprint density at radius 2 is 1.76 bits per heavy atom. The SMILES string of the molecule is CC.O=c1c(S(=O)(=O)N2CCCCC2)cn(-c2nccs2)c2nc(N3CCOCC3)ccc12. The van der Waals surface area contributed by atoms with Gasteiger partial charge in [-0.1, -0.05) is 20.3 Å². The molecule has 2 aliphatic rings. The van der Waals surface area contributed by atoms with Gasteiger partial charge in [0.25, 0.3) is 0 Å². The Morgan fingerprint density at radius 1 is 1.03 bits per heavy atom. The van der Waals surface area contributed by atoms with Gasteiger partial charge < -0.3 is 9.64 Å². The maximum Gasteiger partial charge on any atom is 0.248 e. The fourth-order valence-corrected chi connectivity index (χ4v) is 6.26. The fourth-order valence-electron chi connectivity index (χ4n) is 4.05. The van der Waals surface area contributed by atoms with E-state index in [1.54, 1.807) is 22.9 Å². The molecule has 0 aromatic carbocycles. The second-order valence-electron chi connectivity index (χ2n) is 7.61. The van der Waals surface area contributed by atoms with Gasteiger partial charge in [0.1, 0.15) is 10.7 Å². The fraction of sp³-hybridized carbons (Fsp3) is 0.500. The number of ether oxygens (including phenoxy) is 1. The highest BCUT2D eigenvalue weighted by Crippen LogP contribution is 2.25. The highest BCUT2D eigenvalue weighted by atomic mass is 32.2. The number of pyridine rings is 2. The number of hydrogen-bond donors (Lipinski definition) is 0. The summed E-state index contributed by atoms with van der Waals surface area (Å²) in [4.78, 5) is 24.3. The summed E-state index contributed by atoms with van der Waals surface area (Å²) >= 11 is 1.36. The van der Waals surface area contributed by atoms with Gasteiger partial charge in [-0.2, -0.15) is 4.31 Å². The lowest BCUT2D eigenvalue weighted by atomic mass is 10.2. The van der Waals surface area contributed by atoms with Crippen LogP contribution >= 0.6 is 11.3 Å². The van der Waals surface area contributed by atoms with Crippen molar-refractivity contribution in [2.75, 3.05) is 44.3 Å². The Morgan fingerprint density at radius 3 is 2.42 bits per heavy atom. The average Bonchev–Trinajstić information content (AvgIpc) is 3.41. The largest absolute Gasteiger partial charge is 0.378 e. The van der Waals surface area contributed by atoms with Gasteiger partial charge in [-0.15, -0.1) is 11.3 Å². The van der Waals surface area contributed by atoms with E-state index in [0.29, 0.717) is 50.2 Å². The molecule has 5 heterocycles. The highest BCUT2D eigenvalue weighted by Gasteiger charge is 2.30. The van der Waals surface area contributed by atoms with E-state index in [-0.39, 0.29) is 10.3 Å². The normalized spacial score (nSPS) is 17.6. The molecule has 0 atom stereocenters. The molecular weight excluding hydrogens is 462 g/mol. The third-order valence-corrected chi connectivity index (χ3v) is 8.36. The number of nitrogens with zero attached hydrogens (tertiary/aromatic N) is 5. The molecule has 0 radical (unpaired) electrons. The van der Waals surface area contributed by atoms with E-state index in [4.69, 9.17) is 9.72 Å². The molecule has 33 heavy (non-hydrogen) atoms. The van der Waals surface area contributed by atoms with Gasteiger partial charge in [0.2, 0.25) is 15.5 Å². The molecule has 5 rings (SSSR count). The summed E-state index contributed by atoms with van der Waals surface area (Å²) in [6.45, 7) is 7.53. The molecule has 3 aromatic rings. The second kappa shape index (κ2) is 10.3. The predicted octanol–water partition coefficient (Wildman–Crippen LogP) is 2.88. The maximum atomic E-state index is 13.3. The predicted molar refractivity (Wildman–Crippen MR) is 130 cm³/mol. The molecule has 0 aliphatic carbocycles. The Kier molecular flexibility index (Phi) is 7.42. The number of sulfonamides is 1. The first-order valence-corrected chi connectivity index (χ1v) is 13.7. The van der Waals surface area contributed by atoms with Gasteiger partial charge in [0.05, 0.1) is 18.6 Å². The molecule has 9 nitrogen and oxygen atoms in total. The van der Waals surface area contributed by atoms with Crippen molar-refractivity contribution < 1.29 is 13.2 Å². The van der Waals surface area contributed by atoms with Gasteiger partial charge >= 0.3 is 0 Å². The molecular formula is C22H29N5O4S2. The third-order valence-electron chi connectivity index (χ3n) is 5.70. The summed E-state index contributed by atoms with van der Waals surface area (Å²) in [5.74, 6) is 0.729. The summed E-state index contributed by atoms with van der Waals surface area (Å²) in [5, 5.41) is 2.64. The van der Waals surface area contributed by atoms with E-state index in [9.17, 15) is 13.2 Å². The van der Waals surface area contributed by atoms with Crippen LogP contribution in [0.4, 0.5) is 5.82 Å². The zero-order valence-corrected chi connectivity index (χ0v) is 20.6. The number of hydrogen-bond acceptors (Lipinski definition) is 8. The first kappa shape index (κ1) is 23.8. The van der Waals surface area contributed by atoms with Crippen molar-refractivity contribution in [3.63, 3.8) is 0 Å². The minimum absolute atomic E-state index is 0.224. The molecule has 2 saturated heterocycles. The van der Waals surface area contributed by atoms with Crippen molar-refractivity contribution in [1.82, 2.24) is 18.8 Å². The van der Waals surface area contributed by atoms with Crippen LogP contribution in [0.2, 0.25) is 0 Å². The Hall–Kier alpha value is -2.34. The van der Waals surface area contributed by atoms with Gasteiger partial charge in [0.15, 0.2) is 10.8 Å². The standard InChI is InChI=1S/C20H23N5O4S2.C2H6/c26-18-15-4-5-17(23-9-11-29-12-10-23)22-19(15)25(20-21-6-13-30-20)14-16(18)31(27,28)24-7-2-1-3-8-24;1-2/h4-6,13-14H,1-3,7-12H2;1-2H3. The van der Waals surface area contributed by atoms with E-state index >= 15 is 0 Å². The van der Waals surface area contributed by atoms with E-state index in [0.717, 1.165) is 25.1 Å². The average molecular weight is 492 g/mol. The first-order valence-electron chi connectivity index (χ1n) is 11.3. The van der Waals surface area contributed by atoms with Crippen molar-refractivity contribution >= 4 is 38.2 Å². The van der Waals surface area contributed by atoms with E-state index in [1.807, 2.05) is 19.2 Å². The zero-order valence-electron chi connectivity index (χ0n) is 18.9. The summed E-state index contributed by atoms with van der Waals surface area (Å²) in [6.07, 6.45) is 5.65. The van der Waals surface area contributed by atoms with Crippen LogP contribution < -0.4 is 10.3 Å². The number of anilines is 1. The van der Waals surface area contributed by atoms with Crippen LogP contribution in [0.1, 0.15) is 33.1 Å². The van der Waals surface area contributed by atoms with Crippen LogP contribution in [0, 0.1) is 0 Å². The van der Waals surface area contributed by atoms with Crippen molar-refractivity contribution in [1.29, 1.82) is 0 Å². The van der Waals surface area contributed by atoms with Crippen LogP contribution in [0.25, 0.3) is 16.2 Å². The third kappa shape index (κ3) is 4.68. The van der Waals surface area contributed by atoms with Gasteiger partial charge in [0, 0.05) is 44.0 Å². The molecule has 0 spiro atoms. The number of thiazole rings is 1. The van der Waals surface area contributed by atoms with Crippen LogP contribution in [-0.2, 0) is 14.8 Å². The van der Waals surface area contributed by atoms with Crippen LogP contribution in [0.15, 0.2) is 39.6 Å². The van der Waals surface area contributed by atoms with Crippen LogP contribution in [0.3, 0.4) is 0 Å². The lowest BCUT2D eigenvalue weighted by Crippen LogP contribution is -2.38. The number of rotatable bonds is 4. The molecule has 0 amide bonds. The van der Waals surface area contributed by atoms with Crippen LogP contribution in [0.5, 0.6) is 0 Å². The molecule has 2 aliphatic heterocycles. The molecule has 2 fully saturated rings. The van der Waals surface area contributed by atoms with Crippen molar-refractivity contribution in [2.45, 2.75) is 38.0 Å². The summed E-state index contributed by atoms with van der Waals surface area (Å²) < 4.78 is 35.1. The van der Waals surface area contributed by atoms with E-state index in [1.165, 1.54) is 21.8 Å². The Balaban J connectivity index is 0.00000126. The molecule has 0 bridgehead atoms. The minimum atomic E-state index is -3.91. The molecule has 0 unspecified atom stereocenters. The maximum absolute atomic E-state index is 13.3. The van der Waals surface area contributed by atoms with Crippen molar-refractivity contribution in [3.8, 4) is 5.13 Å². The molecule has 178 valence electrons. The Bertz CT molecular complexity index is 1250. The first-order chi connectivity index (χ1) is 16.1. The molecule has 0 N–H and O–H groups in total. The lowest BCUT2D eigenvalue weighted by Gasteiger charge is -2.28. The minimum Gasteiger partial charge on any atom is -0.378 e. The zero-order chi connectivity index (χ0) is 23.4. The summed E-state index contributed by atoms with van der Waals surface area (Å²) in [5.41, 5.74) is -0.115. The lowest BCUT2D eigenvalue weighted by molar-refractivity contribution is 0.122. The molecule has 0 saturated carbocycles. The van der Waals surface area contributed by atoms with Crippen molar-refractivity contribution in [3.05, 3.63) is 40.1 Å².